The van der Waals surface area contributed by atoms with E-state index in [1.54, 1.807) is 0 Å². The van der Waals surface area contributed by atoms with Gasteiger partial charge in [0.25, 0.3) is 5.91 Å². The van der Waals surface area contributed by atoms with E-state index in [1.807, 2.05) is 6.92 Å². The van der Waals surface area contributed by atoms with Gasteiger partial charge in [-0.1, -0.05) is 13.3 Å². The summed E-state index contributed by atoms with van der Waals surface area (Å²) in [5.41, 5.74) is -2.54. The second-order valence-electron chi connectivity index (χ2n) is 5.12. The van der Waals surface area contributed by atoms with Crippen LogP contribution >= 0.6 is 0 Å². The molecule has 0 aromatic rings. The van der Waals surface area contributed by atoms with E-state index in [4.69, 9.17) is 9.84 Å². The summed E-state index contributed by atoms with van der Waals surface area (Å²) in [6.07, 6.45) is 2.60. The maximum atomic E-state index is 12.0. The lowest BCUT2D eigenvalue weighted by Crippen LogP contribution is -2.52. The van der Waals surface area contributed by atoms with E-state index in [9.17, 15) is 19.8 Å². The molecule has 0 aliphatic carbocycles. The quantitative estimate of drug-likeness (QED) is 0.261. The largest absolute Gasteiger partial charge is 0.394 e. The van der Waals surface area contributed by atoms with Crippen molar-refractivity contribution in [2.45, 2.75) is 49.7 Å². The van der Waals surface area contributed by atoms with Gasteiger partial charge in [-0.3, -0.25) is 9.59 Å². The fourth-order valence-corrected chi connectivity index (χ4v) is 2.34. The lowest BCUT2D eigenvalue weighted by Gasteiger charge is -2.21. The molecule has 7 heteroatoms. The first kappa shape index (κ1) is 15.1. The average Bonchev–Trinajstić information content (AvgIpc) is 3.13. The van der Waals surface area contributed by atoms with Crippen molar-refractivity contribution in [3.8, 4) is 0 Å². The second kappa shape index (κ2) is 5.61. The zero-order valence-electron chi connectivity index (χ0n) is 11.2. The molecule has 2 aliphatic heterocycles. The van der Waals surface area contributed by atoms with Gasteiger partial charge in [0.15, 0.2) is 5.78 Å². The van der Waals surface area contributed by atoms with Crippen molar-refractivity contribution in [1.82, 2.24) is 5.32 Å². The molecule has 0 bridgehead atoms. The average molecular weight is 285 g/mol. The predicted octanol–water partition coefficient (Wildman–Crippen LogP) is -1.74. The van der Waals surface area contributed by atoms with Gasteiger partial charge in [-0.15, -0.1) is 0 Å². The third-order valence-corrected chi connectivity index (χ3v) is 3.68. The number of rotatable bonds is 6. The van der Waals surface area contributed by atoms with Crippen LogP contribution in [0.4, 0.5) is 0 Å². The minimum Gasteiger partial charge on any atom is -0.394 e. The molecule has 0 radical (unpaired) electrons. The van der Waals surface area contributed by atoms with Crippen LogP contribution in [0.2, 0.25) is 0 Å². The van der Waals surface area contributed by atoms with Gasteiger partial charge in [0.2, 0.25) is 5.60 Å². The minimum absolute atomic E-state index is 0.0752. The Bertz CT molecular complexity index is 437. The SMILES string of the molecule is CCCC1OC1/C=C/C(=O)C1(O)C(=O)NC(CO)C1O. The monoisotopic (exact) mass is 285 g/mol. The second-order valence-corrected chi connectivity index (χ2v) is 5.12. The lowest BCUT2D eigenvalue weighted by molar-refractivity contribution is -0.154. The fraction of sp³-hybridized carbons (Fsp3) is 0.692. The Kier molecular flexibility index (Phi) is 4.24. The van der Waals surface area contributed by atoms with Gasteiger partial charge in [0.05, 0.1) is 18.8 Å². The van der Waals surface area contributed by atoms with Crippen LogP contribution in [0.15, 0.2) is 12.2 Å². The van der Waals surface area contributed by atoms with E-state index >= 15 is 0 Å². The molecule has 2 aliphatic rings. The van der Waals surface area contributed by atoms with Crippen molar-refractivity contribution in [3.63, 3.8) is 0 Å². The Morgan fingerprint density at radius 1 is 1.55 bits per heavy atom. The molecule has 2 rings (SSSR count). The molecular formula is C13H19NO6. The van der Waals surface area contributed by atoms with Crippen molar-refractivity contribution in [1.29, 1.82) is 0 Å². The van der Waals surface area contributed by atoms with E-state index < -0.39 is 36.0 Å². The van der Waals surface area contributed by atoms with Crippen molar-refractivity contribution in [2.75, 3.05) is 6.61 Å². The number of nitrogens with one attached hydrogen (secondary N) is 1. The van der Waals surface area contributed by atoms with Crippen molar-refractivity contribution < 1.29 is 29.6 Å². The molecule has 5 unspecified atom stereocenters. The summed E-state index contributed by atoms with van der Waals surface area (Å²) >= 11 is 0. The highest BCUT2D eigenvalue weighted by atomic mass is 16.6. The molecule has 0 saturated carbocycles. The summed E-state index contributed by atoms with van der Waals surface area (Å²) < 4.78 is 5.28. The molecule has 2 heterocycles. The van der Waals surface area contributed by atoms with Crippen LogP contribution < -0.4 is 5.32 Å². The Labute approximate surface area is 116 Å². The zero-order valence-corrected chi connectivity index (χ0v) is 11.2. The number of aliphatic hydroxyl groups is 3. The summed E-state index contributed by atoms with van der Waals surface area (Å²) in [4.78, 5) is 23.6. The first-order valence-corrected chi connectivity index (χ1v) is 6.65. The highest BCUT2D eigenvalue weighted by Crippen LogP contribution is 2.28. The molecule has 4 N–H and O–H groups in total. The highest BCUT2D eigenvalue weighted by molar-refractivity contribution is 6.16. The number of hydrogen-bond donors (Lipinski definition) is 4. The van der Waals surface area contributed by atoms with Crippen molar-refractivity contribution in [3.05, 3.63) is 12.2 Å². The summed E-state index contributed by atoms with van der Waals surface area (Å²) in [6.45, 7) is 1.46. The standard InChI is InChI=1S/C13H19NO6/c1-2-3-8-9(20-8)4-5-10(16)13(19)11(17)7(6-15)14-12(13)18/h4-5,7-9,11,15,17,19H,2-3,6H2,1H3,(H,14,18)/b5-4+. The molecule has 1 amide bonds. The minimum atomic E-state index is -2.54. The van der Waals surface area contributed by atoms with Crippen LogP contribution in [-0.2, 0) is 14.3 Å². The topological polar surface area (TPSA) is 119 Å². The maximum absolute atomic E-state index is 12.0. The van der Waals surface area contributed by atoms with Crippen LogP contribution in [0.5, 0.6) is 0 Å². The molecule has 2 saturated heterocycles. The van der Waals surface area contributed by atoms with Gasteiger partial charge in [-0.2, -0.15) is 0 Å². The Morgan fingerprint density at radius 3 is 2.80 bits per heavy atom. The number of ether oxygens (including phenoxy) is 1. The van der Waals surface area contributed by atoms with Crippen LogP contribution in [0.3, 0.4) is 0 Å². The van der Waals surface area contributed by atoms with Crippen molar-refractivity contribution >= 4 is 11.7 Å². The summed E-state index contributed by atoms with van der Waals surface area (Å²) in [5, 5.41) is 31.0. The predicted molar refractivity (Wildman–Crippen MR) is 67.7 cm³/mol. The number of aliphatic hydroxyl groups excluding tert-OH is 2. The Balaban J connectivity index is 2.01. The Morgan fingerprint density at radius 2 is 2.25 bits per heavy atom. The third-order valence-electron chi connectivity index (χ3n) is 3.68. The van der Waals surface area contributed by atoms with Gasteiger partial charge >= 0.3 is 0 Å². The molecule has 5 atom stereocenters. The zero-order chi connectivity index (χ0) is 14.9. The number of epoxide rings is 1. The number of carbonyl (C=O) groups is 2. The van der Waals surface area contributed by atoms with Crippen LogP contribution in [0.1, 0.15) is 19.8 Å². The third kappa shape index (κ3) is 2.49. The summed E-state index contributed by atoms with van der Waals surface area (Å²) in [6, 6.07) is -1.05. The summed E-state index contributed by atoms with van der Waals surface area (Å²) in [7, 11) is 0. The van der Waals surface area contributed by atoms with Crippen LogP contribution in [0, 0.1) is 0 Å². The van der Waals surface area contributed by atoms with Crippen molar-refractivity contribution in [2.24, 2.45) is 0 Å². The molecule has 0 aromatic heterocycles. The molecule has 7 nitrogen and oxygen atoms in total. The molecular weight excluding hydrogens is 266 g/mol. The maximum Gasteiger partial charge on any atom is 0.263 e. The first-order chi connectivity index (χ1) is 9.44. The van der Waals surface area contributed by atoms with Crippen LogP contribution in [0.25, 0.3) is 0 Å². The fourth-order valence-electron chi connectivity index (χ4n) is 2.34. The lowest BCUT2D eigenvalue weighted by atomic mass is 9.91. The van der Waals surface area contributed by atoms with Crippen LogP contribution in [-0.4, -0.2) is 63.6 Å². The molecule has 0 spiro atoms. The number of hydrogen-bond acceptors (Lipinski definition) is 6. The Hall–Kier alpha value is -1.28. The van der Waals surface area contributed by atoms with Gasteiger partial charge in [-0.25, -0.2) is 0 Å². The number of ketones is 1. The van der Waals surface area contributed by atoms with Gasteiger partial charge in [-0.05, 0) is 18.6 Å². The van der Waals surface area contributed by atoms with Gasteiger partial charge in [0, 0.05) is 0 Å². The van der Waals surface area contributed by atoms with E-state index in [2.05, 4.69) is 5.32 Å². The molecule has 0 aromatic carbocycles. The number of amides is 1. The van der Waals surface area contributed by atoms with E-state index in [0.717, 1.165) is 18.9 Å². The van der Waals surface area contributed by atoms with Gasteiger partial charge in [0.1, 0.15) is 12.2 Å². The number of carbonyl (C=O) groups excluding carboxylic acids is 2. The smallest absolute Gasteiger partial charge is 0.263 e. The van der Waals surface area contributed by atoms with Gasteiger partial charge < -0.3 is 25.4 Å². The highest BCUT2D eigenvalue weighted by Gasteiger charge is 2.58. The molecule has 112 valence electrons. The molecule has 20 heavy (non-hydrogen) atoms. The van der Waals surface area contributed by atoms with E-state index in [0.29, 0.717) is 0 Å². The van der Waals surface area contributed by atoms with E-state index in [1.165, 1.54) is 6.08 Å². The molecule has 2 fully saturated rings. The van der Waals surface area contributed by atoms with E-state index in [-0.39, 0.29) is 12.2 Å². The normalized spacial score (nSPS) is 40.1. The first-order valence-electron chi connectivity index (χ1n) is 6.65. The summed E-state index contributed by atoms with van der Waals surface area (Å²) in [5.74, 6) is -1.91.